The Kier molecular flexibility index (Phi) is 2.75. The summed E-state index contributed by atoms with van der Waals surface area (Å²) >= 11 is 0. The highest BCUT2D eigenvalue weighted by atomic mass is 29.1. The van der Waals surface area contributed by atoms with Gasteiger partial charge in [-0.3, -0.25) is 9.77 Å². The maximum Gasteiger partial charge on any atom is 0.276 e. The molecule has 0 aromatic heterocycles. The van der Waals surface area contributed by atoms with Crippen LogP contribution in [0, 0.1) is 9.77 Å². The molecule has 4 heavy (non-hydrogen) atoms. The summed E-state index contributed by atoms with van der Waals surface area (Å²) in [5.41, 5.74) is 0. The minimum absolute atomic E-state index is 0.276. The zero-order valence-electron chi connectivity index (χ0n) is 1.89. The van der Waals surface area contributed by atoms with Crippen LogP contribution in [0.25, 0.3) is 0 Å². The molecule has 0 atom stereocenters. The molecule has 0 aromatic rings. The lowest BCUT2D eigenvalue weighted by Crippen LogP contribution is -1.59. The summed E-state index contributed by atoms with van der Waals surface area (Å²) in [7, 11) is -0.552. The molecule has 0 aromatic carbocycles. The predicted octanol–water partition coefficient (Wildman–Crippen LogP) is -0.731. The van der Waals surface area contributed by atoms with Crippen LogP contribution < -0.4 is 0 Å². The van der Waals surface area contributed by atoms with Gasteiger partial charge in [0, 0.05) is 0 Å². The Bertz CT molecular complexity index is 59.0. The minimum atomic E-state index is -0.276. The van der Waals surface area contributed by atoms with Crippen molar-refractivity contribution in [3.05, 3.63) is 0 Å². The fraction of sp³-hybridized carbons (Fsp3) is 0. The van der Waals surface area contributed by atoms with E-state index in [2.05, 4.69) is 0 Å². The molecule has 0 aliphatic heterocycles. The Morgan fingerprint density at radius 1 is 1.00 bits per heavy atom. The molecule has 0 bridgehead atoms. The van der Waals surface area contributed by atoms with E-state index in [0.717, 1.165) is 0 Å². The van der Waals surface area contributed by atoms with Gasteiger partial charge in [-0.25, -0.2) is 0 Å². The minimum Gasteiger partial charge on any atom is -0.276 e. The van der Waals surface area contributed by atoms with Crippen molar-refractivity contribution < 1.29 is 0 Å². The van der Waals surface area contributed by atoms with Gasteiger partial charge in [0.15, 0.2) is 0 Å². The van der Waals surface area contributed by atoms with Crippen LogP contribution in [0.1, 0.15) is 0 Å². The van der Waals surface area contributed by atoms with Crippen LogP contribution in [-0.2, 0) is 0 Å². The lowest BCUT2D eigenvalue weighted by atomic mass is 14.0. The van der Waals surface area contributed by atoms with E-state index in [1.807, 2.05) is 0 Å². The Morgan fingerprint density at radius 2 is 1.25 bits per heavy atom. The molecule has 0 amide bonds. The lowest BCUT2D eigenvalue weighted by molar-refractivity contribution is 1.62. The van der Waals surface area contributed by atoms with E-state index < -0.39 is 0 Å². The van der Waals surface area contributed by atoms with Crippen molar-refractivity contribution in [1.82, 2.24) is 0 Å². The maximum atomic E-state index is 7.67. The monoisotopic (exact) mass is 84.0 g/mol. The van der Waals surface area contributed by atoms with E-state index in [1.54, 1.807) is 0 Å². The molecule has 0 radical (unpaired) electrons. The maximum absolute atomic E-state index is 7.67. The quantitative estimate of drug-likeness (QED) is 0.363. The van der Waals surface area contributed by atoms with Gasteiger partial charge in [-0.1, -0.05) is 0 Å². The first kappa shape index (κ1) is 3.85. The van der Waals surface area contributed by atoms with E-state index >= 15 is 0 Å². The Labute approximate surface area is 28.1 Å². The highest BCUT2D eigenvalue weighted by Gasteiger charge is 1.47. The number of rotatable bonds is 0. The second-order valence-electron chi connectivity index (χ2n) is 0.224. The molecular formula is N2Si2. The first-order valence-electron chi connectivity index (χ1n) is 0.697. The molecule has 0 saturated carbocycles. The summed E-state index contributed by atoms with van der Waals surface area (Å²) in [6.07, 6.45) is 0. The smallest absolute Gasteiger partial charge is 0.276 e. The van der Waals surface area contributed by atoms with Gasteiger partial charge in [-0.05, 0) is 0 Å². The standard InChI is InChI=1S/N2Si2/c1-3-4-2. The summed E-state index contributed by atoms with van der Waals surface area (Å²) in [6, 6.07) is 0. The molecular weight excluding hydrogens is 84.2 g/mol. The highest BCUT2D eigenvalue weighted by molar-refractivity contribution is 6.82. The third kappa shape index (κ3) is 1.85. The van der Waals surface area contributed by atoms with E-state index in [-0.39, 0.29) is 17.3 Å². The number of hydrogen-bond donors (Lipinski definition) is 0. The molecule has 0 aliphatic carbocycles. The number of hydrogen-bond acceptors (Lipinski definition) is 2. The van der Waals surface area contributed by atoms with E-state index in [0.29, 0.717) is 0 Å². The third-order valence-corrected chi connectivity index (χ3v) is 0.450. The van der Waals surface area contributed by atoms with Gasteiger partial charge < -0.3 is 0 Å². The van der Waals surface area contributed by atoms with Gasteiger partial charge in [-0.15, -0.1) is 0 Å². The van der Waals surface area contributed by atoms with Crippen molar-refractivity contribution in [2.24, 2.45) is 0 Å². The van der Waals surface area contributed by atoms with Crippen molar-refractivity contribution in [3.63, 3.8) is 0 Å². The van der Waals surface area contributed by atoms with Gasteiger partial charge >= 0.3 is 0 Å². The summed E-state index contributed by atoms with van der Waals surface area (Å²) in [4.78, 5) is 15.3. The first-order valence-corrected chi connectivity index (χ1v) is 3.59. The zero-order valence-corrected chi connectivity index (χ0v) is 3.89. The average molecular weight is 84.2 g/mol. The highest BCUT2D eigenvalue weighted by Crippen LogP contribution is 0.970. The topological polar surface area (TPSA) is 47.6 Å². The fourth-order valence-electron chi connectivity index (χ4n) is 0. The average Bonchev–Trinajstić information content (AvgIpc) is 1.37. The molecule has 0 saturated heterocycles. The second kappa shape index (κ2) is 2.85. The van der Waals surface area contributed by atoms with E-state index in [4.69, 9.17) is 9.77 Å². The summed E-state index contributed by atoms with van der Waals surface area (Å²) in [5.74, 6) is 0. The lowest BCUT2D eigenvalue weighted by Gasteiger charge is -1.12. The summed E-state index contributed by atoms with van der Waals surface area (Å²) < 4.78 is 0. The molecule has 0 fully saturated rings. The van der Waals surface area contributed by atoms with Gasteiger partial charge in [0.05, 0.1) is 0 Å². The SMILES string of the molecule is N#[Si][Si]#N. The summed E-state index contributed by atoms with van der Waals surface area (Å²) in [5, 5.41) is 0. The van der Waals surface area contributed by atoms with Gasteiger partial charge in [0.25, 0.3) is 17.3 Å². The van der Waals surface area contributed by atoms with Crippen LogP contribution in [0.5, 0.6) is 0 Å². The number of nitrogens with zero attached hydrogens (tertiary/aromatic N) is 2. The van der Waals surface area contributed by atoms with Gasteiger partial charge in [0.1, 0.15) is 0 Å². The predicted molar refractivity (Wildman–Crippen MR) is 15.0 cm³/mol. The van der Waals surface area contributed by atoms with Crippen molar-refractivity contribution in [3.8, 4) is 0 Å². The molecule has 18 valence electrons. The van der Waals surface area contributed by atoms with E-state index in [1.165, 1.54) is 0 Å². The molecule has 4 heteroatoms. The van der Waals surface area contributed by atoms with Crippen LogP contribution >= 0.6 is 0 Å². The molecule has 0 unspecified atom stereocenters. The van der Waals surface area contributed by atoms with Crippen molar-refractivity contribution in [2.75, 3.05) is 0 Å². The van der Waals surface area contributed by atoms with Crippen molar-refractivity contribution in [1.29, 1.82) is 9.77 Å². The second-order valence-corrected chi connectivity index (χ2v) is 2.01. The van der Waals surface area contributed by atoms with Crippen LogP contribution in [0.3, 0.4) is 0 Å². The van der Waals surface area contributed by atoms with Crippen LogP contribution in [0.4, 0.5) is 0 Å². The molecule has 0 spiro atoms. The van der Waals surface area contributed by atoms with Crippen LogP contribution in [0.15, 0.2) is 0 Å². The van der Waals surface area contributed by atoms with E-state index in [9.17, 15) is 0 Å². The molecule has 2 nitrogen and oxygen atoms in total. The zero-order chi connectivity index (χ0) is 3.41. The first-order chi connectivity index (χ1) is 1.91. The Hall–Kier alpha value is -0.146. The Balaban J connectivity index is 3.14. The molecule has 0 heterocycles. The molecule has 0 aliphatic rings. The largest absolute Gasteiger partial charge is 0.276 e. The van der Waals surface area contributed by atoms with Crippen LogP contribution in [0.2, 0.25) is 0 Å². The summed E-state index contributed by atoms with van der Waals surface area (Å²) in [6.45, 7) is 0. The van der Waals surface area contributed by atoms with Crippen molar-refractivity contribution >= 4 is 17.3 Å². The van der Waals surface area contributed by atoms with Crippen molar-refractivity contribution in [2.45, 2.75) is 0 Å². The fourth-order valence-corrected chi connectivity index (χ4v) is 0. The van der Waals surface area contributed by atoms with Gasteiger partial charge in [-0.2, -0.15) is 0 Å². The normalized spacial score (nSPS) is 2.50. The van der Waals surface area contributed by atoms with Gasteiger partial charge in [0.2, 0.25) is 0 Å². The van der Waals surface area contributed by atoms with Crippen LogP contribution in [-0.4, -0.2) is 17.3 Å². The molecule has 0 rings (SSSR count). The Morgan fingerprint density at radius 3 is 1.25 bits per heavy atom. The molecule has 0 N–H and O–H groups in total. The third-order valence-electron chi connectivity index (χ3n) is 0.0500.